The van der Waals surface area contributed by atoms with Crippen molar-refractivity contribution < 1.29 is 41.3 Å². The lowest BCUT2D eigenvalue weighted by Gasteiger charge is -2.24. The number of carbonyl (C=O) groups is 1. The average molecular weight is 1290 g/mol. The van der Waals surface area contributed by atoms with Gasteiger partial charge in [-0.15, -0.1) is 0 Å². The molecule has 7 nitrogen and oxygen atoms in total. The lowest BCUT2D eigenvalue weighted by atomic mass is 9.87. The SMILES string of the molecule is CC1(C)CC(=O)c2ccccc21.CC1(C)CC(F)(F)c2ccccc21.CC1(C)CCc2c(F)cccc21.CC1(C)CCc2ccccc21.CC1(C)COc2ccccc21.CC1(C)COc2cccnc21.CC1(C)COc2ncccc21.CC1(C)OC(C)(C)c2cc(F)ccc21. The number of pyridine rings is 2. The zero-order chi connectivity index (χ0) is 69.4. The summed E-state index contributed by atoms with van der Waals surface area (Å²) >= 11 is 0. The number of Topliss-reactive ketones (excluding diaryl/α,β-unsaturated/α-hetero) is 1. The molecule has 0 bridgehead atoms. The molecular formula is C84H100F4N2O5. The highest BCUT2D eigenvalue weighted by atomic mass is 19.3. The maximum atomic E-state index is 13.4. The Morgan fingerprint density at radius 2 is 0.916 bits per heavy atom. The van der Waals surface area contributed by atoms with Gasteiger partial charge in [0, 0.05) is 63.7 Å². The van der Waals surface area contributed by atoms with E-state index in [4.69, 9.17) is 18.9 Å². The van der Waals surface area contributed by atoms with Crippen molar-refractivity contribution >= 4 is 5.78 Å². The number of para-hydroxylation sites is 1. The summed E-state index contributed by atoms with van der Waals surface area (Å²) in [6, 6.07) is 50.0. The third-order valence-corrected chi connectivity index (χ3v) is 20.0. The first-order chi connectivity index (χ1) is 44.3. The maximum absolute atomic E-state index is 13.4. The number of alkyl halides is 2. The van der Waals surface area contributed by atoms with Crippen LogP contribution < -0.4 is 14.2 Å². The molecule has 0 unspecified atom stereocenters. The van der Waals surface area contributed by atoms with Crippen LogP contribution in [0.1, 0.15) is 228 Å². The fourth-order valence-corrected chi connectivity index (χ4v) is 14.5. The molecule has 8 aliphatic rings. The van der Waals surface area contributed by atoms with Crippen molar-refractivity contribution in [3.05, 3.63) is 254 Å². The lowest BCUT2D eigenvalue weighted by molar-refractivity contribution is -0.105. The summed E-state index contributed by atoms with van der Waals surface area (Å²) in [5.41, 5.74) is 14.1. The molecule has 0 radical (unpaired) electrons. The average Bonchev–Trinajstić information content (AvgIpc) is 1.60. The molecule has 0 atom stereocenters. The largest absolute Gasteiger partial charge is 0.492 e. The number of hydrogen-bond acceptors (Lipinski definition) is 7. The molecule has 4 aliphatic carbocycles. The summed E-state index contributed by atoms with van der Waals surface area (Å²) in [5, 5.41) is 0. The van der Waals surface area contributed by atoms with Crippen LogP contribution in [0.2, 0.25) is 0 Å². The Labute approximate surface area is 563 Å². The molecule has 16 rings (SSSR count). The molecule has 0 amide bonds. The van der Waals surface area contributed by atoms with E-state index in [-0.39, 0.29) is 73.1 Å². The highest BCUT2D eigenvalue weighted by molar-refractivity contribution is 6.02. The Balaban J connectivity index is 0.000000128. The number of benzene rings is 6. The molecule has 0 N–H and O–H groups in total. The van der Waals surface area contributed by atoms with Crippen LogP contribution in [0.15, 0.2) is 170 Å². The predicted octanol–water partition coefficient (Wildman–Crippen LogP) is 21.2. The summed E-state index contributed by atoms with van der Waals surface area (Å²) in [6.45, 7) is 40.3. The lowest BCUT2D eigenvalue weighted by Crippen LogP contribution is -2.22. The van der Waals surface area contributed by atoms with Gasteiger partial charge in [-0.25, -0.2) is 22.5 Å². The Hall–Kier alpha value is -7.63. The highest BCUT2D eigenvalue weighted by Crippen LogP contribution is 2.52. The normalized spacial score (nSPS) is 20.2. The van der Waals surface area contributed by atoms with Crippen molar-refractivity contribution in [1.29, 1.82) is 0 Å². The van der Waals surface area contributed by atoms with E-state index in [2.05, 4.69) is 142 Å². The molecule has 6 aromatic carbocycles. The fraction of sp³-hybridized carbons (Fsp3) is 0.440. The number of carbonyl (C=O) groups excluding carboxylic acids is 1. The molecule has 0 saturated heterocycles. The second-order valence-electron chi connectivity index (χ2n) is 32.1. The van der Waals surface area contributed by atoms with Gasteiger partial charge in [-0.05, 0) is 162 Å². The van der Waals surface area contributed by atoms with Crippen LogP contribution in [0, 0.1) is 11.6 Å². The maximum Gasteiger partial charge on any atom is 0.274 e. The number of rotatable bonds is 0. The Kier molecular flexibility index (Phi) is 20.5. The van der Waals surface area contributed by atoms with Gasteiger partial charge in [-0.2, -0.15) is 0 Å². The van der Waals surface area contributed by atoms with Gasteiger partial charge in [0.1, 0.15) is 23.1 Å². The second-order valence-corrected chi connectivity index (χ2v) is 32.1. The number of ether oxygens (including phenoxy) is 4. The van der Waals surface area contributed by atoms with Gasteiger partial charge in [0.05, 0.1) is 36.7 Å². The number of aromatic nitrogens is 2. The van der Waals surface area contributed by atoms with Crippen molar-refractivity contribution in [3.63, 3.8) is 0 Å². The van der Waals surface area contributed by atoms with E-state index in [0.717, 1.165) is 83.6 Å². The molecule has 0 spiro atoms. The minimum absolute atomic E-state index is 0.0296. The zero-order valence-corrected chi connectivity index (χ0v) is 59.5. The number of halogens is 4. The van der Waals surface area contributed by atoms with Gasteiger partial charge in [0.2, 0.25) is 5.88 Å². The third kappa shape index (κ3) is 15.9. The highest BCUT2D eigenvalue weighted by Gasteiger charge is 2.49. The second kappa shape index (κ2) is 27.1. The number of nitrogens with zero attached hydrogens (tertiary/aromatic N) is 2. The van der Waals surface area contributed by atoms with Crippen LogP contribution in [0.4, 0.5) is 17.6 Å². The molecule has 95 heavy (non-hydrogen) atoms. The summed E-state index contributed by atoms with van der Waals surface area (Å²) in [6.07, 6.45) is 8.72. The molecule has 0 saturated carbocycles. The molecule has 0 fully saturated rings. The third-order valence-electron chi connectivity index (χ3n) is 20.0. The monoisotopic (exact) mass is 1290 g/mol. The van der Waals surface area contributed by atoms with Crippen LogP contribution in [0.5, 0.6) is 17.4 Å². The first-order valence-corrected chi connectivity index (χ1v) is 33.7. The predicted molar refractivity (Wildman–Crippen MR) is 376 cm³/mol. The standard InChI is InChI=1S/C12H15FO.C11H12F2.C11H13F.C11H12O.C11H14.C10H12O.2C9H11NO/c1-11(2)9-6-5-8(13)7-10(9)12(3,4)14-11;1-10(2)7-11(12,13)9-6-4-3-5-8(9)10;1-11(2)7-6-8-9(11)4-3-5-10(8)12;1-11(2)7-10(12)8-5-3-4-6-9(8)11;1-11(2)8-7-9-5-3-4-6-10(9)11;1-10(2)7-11-9-6-4-3-5-8(9)10;1-9(2)6-11-7-4-3-5-10-8(7)9;1-9(2)6-11-8-7(9)4-3-5-10-8/h5-7H,1-4H3;3-6H,7H2,1-2H3;3-5H,6-7H2,1-2H3;3-6H,7H2,1-2H3;3-6H,7-8H2,1-2H3;3-6H,7H2,1-2H3;2*3-5H,6H2,1-2H3. The van der Waals surface area contributed by atoms with E-state index < -0.39 is 5.92 Å². The van der Waals surface area contributed by atoms with Gasteiger partial charge in [-0.3, -0.25) is 9.78 Å². The van der Waals surface area contributed by atoms with Crippen LogP contribution in [0.25, 0.3) is 0 Å². The zero-order valence-electron chi connectivity index (χ0n) is 59.5. The summed E-state index contributed by atoms with van der Waals surface area (Å²) < 4.78 is 75.5. The minimum atomic E-state index is -2.64. The molecular weight excluding hydrogens is 1190 g/mol. The quantitative estimate of drug-likeness (QED) is 0.140. The van der Waals surface area contributed by atoms with Gasteiger partial charge >= 0.3 is 0 Å². The molecule has 6 heterocycles. The Bertz CT molecular complexity index is 3770. The minimum Gasteiger partial charge on any atom is -0.492 e. The van der Waals surface area contributed by atoms with Crippen LogP contribution in [-0.4, -0.2) is 35.6 Å². The Morgan fingerprint density at radius 1 is 0.400 bits per heavy atom. The number of ketones is 1. The van der Waals surface area contributed by atoms with E-state index in [1.165, 1.54) is 47.2 Å². The molecule has 8 aromatic rings. The van der Waals surface area contributed by atoms with E-state index in [1.54, 1.807) is 47.7 Å². The van der Waals surface area contributed by atoms with Crippen LogP contribution >= 0.6 is 0 Å². The molecule has 504 valence electrons. The molecule has 2 aromatic heterocycles. The fourth-order valence-electron chi connectivity index (χ4n) is 14.5. The van der Waals surface area contributed by atoms with Crippen molar-refractivity contribution in [2.24, 2.45) is 0 Å². The van der Waals surface area contributed by atoms with E-state index in [9.17, 15) is 22.4 Å². The van der Waals surface area contributed by atoms with Gasteiger partial charge < -0.3 is 18.9 Å². The van der Waals surface area contributed by atoms with Gasteiger partial charge in [-0.1, -0.05) is 212 Å². The first kappa shape index (κ1) is 71.7. The first-order valence-electron chi connectivity index (χ1n) is 33.7. The number of hydrogen-bond donors (Lipinski definition) is 0. The van der Waals surface area contributed by atoms with Crippen molar-refractivity contribution in [1.82, 2.24) is 9.97 Å². The summed E-state index contributed by atoms with van der Waals surface area (Å²) in [4.78, 5) is 19.9. The van der Waals surface area contributed by atoms with Gasteiger partial charge in [0.25, 0.3) is 5.92 Å². The number of fused-ring (bicyclic) bond motifs is 8. The van der Waals surface area contributed by atoms with Crippen LogP contribution in [0.3, 0.4) is 0 Å². The van der Waals surface area contributed by atoms with E-state index in [1.807, 2.05) is 114 Å². The van der Waals surface area contributed by atoms with Crippen molar-refractivity contribution in [2.75, 3.05) is 19.8 Å². The van der Waals surface area contributed by atoms with E-state index in [0.29, 0.717) is 11.8 Å². The summed E-state index contributed by atoms with van der Waals surface area (Å²) in [7, 11) is 0. The van der Waals surface area contributed by atoms with Crippen molar-refractivity contribution in [3.8, 4) is 17.4 Å². The number of aryl methyl sites for hydroxylation is 1. The Morgan fingerprint density at radius 3 is 1.56 bits per heavy atom. The van der Waals surface area contributed by atoms with Crippen molar-refractivity contribution in [2.45, 2.75) is 218 Å². The smallest absolute Gasteiger partial charge is 0.274 e. The van der Waals surface area contributed by atoms with E-state index >= 15 is 0 Å². The topological polar surface area (TPSA) is 79.8 Å². The van der Waals surface area contributed by atoms with Gasteiger partial charge in [0.15, 0.2) is 5.78 Å². The molecule has 11 heteroatoms. The molecule has 4 aliphatic heterocycles. The summed E-state index contributed by atoms with van der Waals surface area (Å²) in [5.74, 6) is 0.222. The van der Waals surface area contributed by atoms with Crippen LogP contribution in [-0.2, 0) is 72.6 Å².